The largest absolute Gasteiger partial charge is 0.478 e. The molecule has 0 unspecified atom stereocenters. The second-order valence-corrected chi connectivity index (χ2v) is 12.2. The summed E-state index contributed by atoms with van der Waals surface area (Å²) in [6.45, 7) is 14.2. The van der Waals surface area contributed by atoms with Gasteiger partial charge in [0.1, 0.15) is 0 Å². The van der Waals surface area contributed by atoms with Gasteiger partial charge in [-0.1, -0.05) is 29.8 Å². The number of aromatic nitrogens is 3. The fourth-order valence-electron chi connectivity index (χ4n) is 5.31. The van der Waals surface area contributed by atoms with Gasteiger partial charge in [0.05, 0.1) is 29.9 Å². The highest BCUT2D eigenvalue weighted by molar-refractivity contribution is 6.31. The predicted octanol–water partition coefficient (Wildman–Crippen LogP) is 6.82. The number of piperazine rings is 1. The number of halogens is 1. The highest BCUT2D eigenvalue weighted by Gasteiger charge is 2.19. The van der Waals surface area contributed by atoms with Crippen LogP contribution in [0.4, 0.5) is 22.1 Å². The standard InChI is InChI=1S/C35H42ClN7O3/c1-23-9-12-29(26(4)25(23)3)30-21-33(46-35(44)42(6)31-20-27(36)10-8-24(31)2)40-34(39-30)38-28-11-13-32(37-22-28)45-19-7-14-43-17-15-41(5)16-18-43/h8-13,20-22H,7,14-19H2,1-6H3,(H,38,39,40). The zero-order valence-corrected chi connectivity index (χ0v) is 28.2. The summed E-state index contributed by atoms with van der Waals surface area (Å²) < 4.78 is 11.7. The lowest BCUT2D eigenvalue weighted by Gasteiger charge is -2.32. The smallest absolute Gasteiger partial charge is 0.420 e. The number of likely N-dealkylation sites (N-methyl/N-ethyl adjacent to an activating group) is 1. The molecule has 1 aliphatic heterocycles. The Kier molecular flexibility index (Phi) is 10.7. The van der Waals surface area contributed by atoms with Crippen molar-refractivity contribution in [3.63, 3.8) is 0 Å². The van der Waals surface area contributed by atoms with E-state index in [1.165, 1.54) is 16.0 Å². The second-order valence-electron chi connectivity index (χ2n) is 11.8. The first kappa shape index (κ1) is 33.1. The number of hydrogen-bond donors (Lipinski definition) is 1. The predicted molar refractivity (Wildman–Crippen MR) is 184 cm³/mol. The lowest BCUT2D eigenvalue weighted by molar-refractivity contribution is 0.145. The molecule has 3 heterocycles. The Morgan fingerprint density at radius 1 is 0.935 bits per heavy atom. The van der Waals surface area contributed by atoms with Gasteiger partial charge in [0.25, 0.3) is 0 Å². The number of rotatable bonds is 10. The molecule has 0 radical (unpaired) electrons. The van der Waals surface area contributed by atoms with Gasteiger partial charge in [0.2, 0.25) is 17.7 Å². The van der Waals surface area contributed by atoms with Gasteiger partial charge in [-0.15, -0.1) is 0 Å². The molecular weight excluding hydrogens is 602 g/mol. The highest BCUT2D eigenvalue weighted by Crippen LogP contribution is 2.30. The summed E-state index contributed by atoms with van der Waals surface area (Å²) in [6, 6.07) is 14.8. The van der Waals surface area contributed by atoms with Gasteiger partial charge in [-0.25, -0.2) is 14.8 Å². The van der Waals surface area contributed by atoms with Crippen molar-refractivity contribution >= 4 is 35.0 Å². The van der Waals surface area contributed by atoms with Crippen molar-refractivity contribution in [3.8, 4) is 23.0 Å². The Balaban J connectivity index is 1.31. The normalized spacial score (nSPS) is 13.8. The van der Waals surface area contributed by atoms with Crippen molar-refractivity contribution in [2.75, 3.05) is 63.6 Å². The van der Waals surface area contributed by atoms with Crippen LogP contribution in [0.25, 0.3) is 11.3 Å². The van der Waals surface area contributed by atoms with Crippen LogP contribution in [0.1, 0.15) is 28.7 Å². The van der Waals surface area contributed by atoms with Gasteiger partial charge in [-0.05, 0) is 81.6 Å². The Labute approximate surface area is 276 Å². The molecule has 0 atom stereocenters. The Hall–Kier alpha value is -4.25. The zero-order valence-electron chi connectivity index (χ0n) is 27.4. The first-order valence-electron chi connectivity index (χ1n) is 15.5. The van der Waals surface area contributed by atoms with Crippen LogP contribution in [0.3, 0.4) is 0 Å². The summed E-state index contributed by atoms with van der Waals surface area (Å²) in [4.78, 5) is 33.3. The van der Waals surface area contributed by atoms with Gasteiger partial charge >= 0.3 is 6.09 Å². The number of hydrogen-bond acceptors (Lipinski definition) is 9. The van der Waals surface area contributed by atoms with Crippen LogP contribution in [-0.2, 0) is 0 Å². The molecule has 1 fully saturated rings. The van der Waals surface area contributed by atoms with Crippen LogP contribution in [0.5, 0.6) is 11.8 Å². The first-order valence-corrected chi connectivity index (χ1v) is 15.9. The van der Waals surface area contributed by atoms with Crippen LogP contribution >= 0.6 is 11.6 Å². The van der Waals surface area contributed by atoms with Crippen LogP contribution < -0.4 is 19.7 Å². The number of pyridine rings is 1. The summed E-state index contributed by atoms with van der Waals surface area (Å²) in [5.41, 5.74) is 7.18. The van der Waals surface area contributed by atoms with Crippen LogP contribution in [0, 0.1) is 27.7 Å². The quantitative estimate of drug-likeness (QED) is 0.187. The summed E-state index contributed by atoms with van der Waals surface area (Å²) in [6.07, 6.45) is 2.01. The minimum atomic E-state index is -0.603. The molecule has 1 N–H and O–H groups in total. The van der Waals surface area contributed by atoms with E-state index < -0.39 is 6.09 Å². The number of ether oxygens (including phenoxy) is 2. The van der Waals surface area contributed by atoms with E-state index in [2.05, 4.69) is 59.0 Å². The summed E-state index contributed by atoms with van der Waals surface area (Å²) in [7, 11) is 3.80. The maximum absolute atomic E-state index is 13.3. The van der Waals surface area contributed by atoms with E-state index in [-0.39, 0.29) is 11.8 Å². The summed E-state index contributed by atoms with van der Waals surface area (Å²) in [5, 5.41) is 3.74. The number of nitrogens with zero attached hydrogens (tertiary/aromatic N) is 6. The number of amides is 1. The molecule has 1 amide bonds. The Morgan fingerprint density at radius 2 is 1.70 bits per heavy atom. The molecule has 1 saturated heterocycles. The van der Waals surface area contributed by atoms with Crippen LogP contribution in [-0.4, -0.2) is 84.3 Å². The zero-order chi connectivity index (χ0) is 32.8. The molecule has 4 aromatic rings. The van der Waals surface area contributed by atoms with Crippen molar-refractivity contribution in [1.82, 2.24) is 24.8 Å². The van der Waals surface area contributed by atoms with Crippen molar-refractivity contribution in [2.45, 2.75) is 34.1 Å². The van der Waals surface area contributed by atoms with Crippen LogP contribution in [0.15, 0.2) is 54.7 Å². The molecule has 0 saturated carbocycles. The van der Waals surface area contributed by atoms with Gasteiger partial charge in [0, 0.05) is 62.5 Å². The maximum Gasteiger partial charge on any atom is 0.420 e. The Morgan fingerprint density at radius 3 is 2.43 bits per heavy atom. The molecule has 11 heteroatoms. The molecular formula is C35H42ClN7O3. The van der Waals surface area contributed by atoms with Crippen molar-refractivity contribution in [1.29, 1.82) is 0 Å². The van der Waals surface area contributed by atoms with Crippen molar-refractivity contribution in [2.24, 2.45) is 0 Å². The number of anilines is 3. The number of benzene rings is 2. The van der Waals surface area contributed by atoms with E-state index >= 15 is 0 Å². The topological polar surface area (TPSA) is 96.0 Å². The fourth-order valence-corrected chi connectivity index (χ4v) is 5.48. The third kappa shape index (κ3) is 8.31. The van der Waals surface area contributed by atoms with Gasteiger partial charge in [0.15, 0.2) is 0 Å². The van der Waals surface area contributed by atoms with Crippen LogP contribution in [0.2, 0.25) is 5.02 Å². The average Bonchev–Trinajstić information content (AvgIpc) is 3.04. The number of nitrogens with one attached hydrogen (secondary N) is 1. The summed E-state index contributed by atoms with van der Waals surface area (Å²) in [5.74, 6) is 0.926. The molecule has 0 spiro atoms. The Bertz CT molecular complexity index is 1670. The second kappa shape index (κ2) is 14.9. The maximum atomic E-state index is 13.3. The van der Waals surface area contributed by atoms with E-state index in [4.69, 9.17) is 26.1 Å². The monoisotopic (exact) mass is 643 g/mol. The molecule has 1 aliphatic rings. The molecule has 2 aromatic carbocycles. The summed E-state index contributed by atoms with van der Waals surface area (Å²) >= 11 is 6.20. The van der Waals surface area contributed by atoms with Crippen molar-refractivity contribution in [3.05, 3.63) is 82.0 Å². The molecule has 0 bridgehead atoms. The lowest BCUT2D eigenvalue weighted by Crippen LogP contribution is -2.44. The van der Waals surface area contributed by atoms with E-state index in [0.29, 0.717) is 34.6 Å². The van der Waals surface area contributed by atoms with Gasteiger partial charge in [-0.2, -0.15) is 4.98 Å². The molecule has 0 aliphatic carbocycles. The van der Waals surface area contributed by atoms with Gasteiger partial charge in [-0.3, -0.25) is 4.90 Å². The van der Waals surface area contributed by atoms with Crippen molar-refractivity contribution < 1.29 is 14.3 Å². The number of aryl methyl sites for hydroxylation is 2. The minimum Gasteiger partial charge on any atom is -0.478 e. The number of carbonyl (C=O) groups is 1. The molecule has 10 nitrogen and oxygen atoms in total. The highest BCUT2D eigenvalue weighted by atomic mass is 35.5. The van der Waals surface area contributed by atoms with E-state index in [0.717, 1.165) is 55.8 Å². The number of carbonyl (C=O) groups excluding carboxylic acids is 1. The molecule has 242 valence electrons. The van der Waals surface area contributed by atoms with E-state index in [1.54, 1.807) is 31.4 Å². The SMILES string of the molecule is Cc1ccc(Cl)cc1N(C)C(=O)Oc1cc(-c2ccc(C)c(C)c2C)nc(Nc2ccc(OCCCN3CCN(C)CC3)nc2)n1. The lowest BCUT2D eigenvalue weighted by atomic mass is 9.97. The molecule has 46 heavy (non-hydrogen) atoms. The minimum absolute atomic E-state index is 0.106. The third-order valence-electron chi connectivity index (χ3n) is 8.49. The molecule has 5 rings (SSSR count). The average molecular weight is 644 g/mol. The molecule has 2 aromatic heterocycles. The van der Waals surface area contributed by atoms with Gasteiger partial charge < -0.3 is 24.6 Å². The first-order chi connectivity index (χ1) is 22.1. The fraction of sp³-hybridized carbons (Fsp3) is 0.371. The van der Waals surface area contributed by atoms with E-state index in [1.807, 2.05) is 31.2 Å². The van der Waals surface area contributed by atoms with E-state index in [9.17, 15) is 4.79 Å². The third-order valence-corrected chi connectivity index (χ3v) is 8.73.